The lowest BCUT2D eigenvalue weighted by Crippen LogP contribution is -1.75. The summed E-state index contributed by atoms with van der Waals surface area (Å²) in [6.07, 6.45) is 6.30. The average Bonchev–Trinajstić information content (AvgIpc) is 2.33. The van der Waals surface area contributed by atoms with Crippen LogP contribution in [0.2, 0.25) is 0 Å². The fourth-order valence-electron chi connectivity index (χ4n) is 0.751. The van der Waals surface area contributed by atoms with Gasteiger partial charge in [-0.1, -0.05) is 0 Å². The third-order valence-electron chi connectivity index (χ3n) is 1.19. The molecule has 0 saturated heterocycles. The number of hydrogen-bond donors (Lipinski definition) is 1. The van der Waals surface area contributed by atoms with Crippen molar-refractivity contribution in [1.29, 1.82) is 0 Å². The highest BCUT2D eigenvalue weighted by Crippen LogP contribution is 2.05. The normalized spacial score (nSPS) is 10.2. The molecule has 0 spiro atoms. The summed E-state index contributed by atoms with van der Waals surface area (Å²) in [5, 5.41) is 8.44. The van der Waals surface area contributed by atoms with Gasteiger partial charge in [0.2, 0.25) is 0 Å². The van der Waals surface area contributed by atoms with Gasteiger partial charge in [-0.3, -0.25) is 0 Å². The number of nitrogens with one attached hydrogen (secondary N) is 1. The molecule has 1 N–H and O–H groups in total. The monoisotopic (exact) mass is 118 g/mol. The summed E-state index contributed by atoms with van der Waals surface area (Å²) in [6, 6.07) is 1.79. The first-order valence-corrected chi connectivity index (χ1v) is 2.63. The van der Waals surface area contributed by atoms with Crippen molar-refractivity contribution in [1.82, 2.24) is 15.2 Å². The van der Waals surface area contributed by atoms with E-state index in [1.807, 2.05) is 6.20 Å². The number of aromatic nitrogens is 3. The molecule has 2 rings (SSSR count). The largest absolute Gasteiger partial charge is 0.365 e. The van der Waals surface area contributed by atoms with Crippen LogP contribution in [0.15, 0.2) is 18.5 Å². The van der Waals surface area contributed by atoms with Crippen molar-refractivity contribution in [3.63, 3.8) is 0 Å². The van der Waals surface area contributed by atoms with Crippen LogP contribution in [-0.2, 0) is 0 Å². The van der Waals surface area contributed by atoms with Crippen molar-refractivity contribution in [2.24, 2.45) is 0 Å². The summed E-state index contributed by atoms with van der Waals surface area (Å²) >= 11 is 0. The number of hydrogen-bond acceptors (Lipinski definition) is 2. The summed E-state index contributed by atoms with van der Waals surface area (Å²) in [6.45, 7) is 0. The Morgan fingerprint density at radius 1 is 1.44 bits per heavy atom. The molecule has 9 heavy (non-hydrogen) atoms. The molecule has 3 heteroatoms. The van der Waals surface area contributed by atoms with Crippen molar-refractivity contribution in [3.05, 3.63) is 24.7 Å². The Kier molecular flexibility index (Phi) is 0.773. The highest BCUT2D eigenvalue weighted by atomic mass is 15.1. The molecule has 0 aliphatic carbocycles. The van der Waals surface area contributed by atoms with Crippen molar-refractivity contribution in [2.75, 3.05) is 0 Å². The van der Waals surface area contributed by atoms with E-state index in [1.165, 1.54) is 0 Å². The molecule has 2 aromatic rings. The fraction of sp³-hybridized carbons (Fsp3) is 0. The quantitative estimate of drug-likeness (QED) is 0.554. The van der Waals surface area contributed by atoms with Gasteiger partial charge in [0.05, 0.1) is 0 Å². The topological polar surface area (TPSA) is 41.6 Å². The van der Waals surface area contributed by atoms with E-state index in [0.29, 0.717) is 0 Å². The van der Waals surface area contributed by atoms with Gasteiger partial charge in [0.25, 0.3) is 0 Å². The van der Waals surface area contributed by atoms with Gasteiger partial charge in [-0.05, 0) is 6.07 Å². The first kappa shape index (κ1) is 4.49. The lowest BCUT2D eigenvalue weighted by atomic mass is 10.4. The van der Waals surface area contributed by atoms with Crippen LogP contribution in [0.25, 0.3) is 10.9 Å². The second-order valence-corrected chi connectivity index (χ2v) is 1.77. The number of rotatable bonds is 0. The Morgan fingerprint density at radius 2 is 2.44 bits per heavy atom. The zero-order valence-corrected chi connectivity index (χ0v) is 4.63. The molecular formula is C6H4N3. The summed E-state index contributed by atoms with van der Waals surface area (Å²) in [5.74, 6) is 0. The number of H-pyrrole nitrogens is 1. The molecule has 0 bridgehead atoms. The smallest absolute Gasteiger partial charge is 0.114 e. The minimum Gasteiger partial charge on any atom is -0.365 e. The van der Waals surface area contributed by atoms with Gasteiger partial charge < -0.3 is 4.98 Å². The Labute approximate surface area is 51.7 Å². The molecule has 43 valence electrons. The second kappa shape index (κ2) is 1.55. The number of aromatic amines is 1. The Hall–Kier alpha value is -1.38. The van der Waals surface area contributed by atoms with E-state index in [0.717, 1.165) is 10.9 Å². The number of nitrogens with zero attached hydrogens (tertiary/aromatic N) is 2. The van der Waals surface area contributed by atoms with Gasteiger partial charge in [0, 0.05) is 17.8 Å². The van der Waals surface area contributed by atoms with Crippen molar-refractivity contribution in [3.8, 4) is 0 Å². The summed E-state index contributed by atoms with van der Waals surface area (Å²) in [5.41, 5.74) is 0.883. The first-order valence-electron chi connectivity index (χ1n) is 2.63. The molecule has 2 aromatic heterocycles. The van der Waals surface area contributed by atoms with Gasteiger partial charge in [-0.15, -0.1) is 10.2 Å². The van der Waals surface area contributed by atoms with E-state index < -0.39 is 0 Å². The van der Waals surface area contributed by atoms with Crippen LogP contribution in [0.5, 0.6) is 0 Å². The first-order chi connectivity index (χ1) is 4.47. The van der Waals surface area contributed by atoms with Crippen LogP contribution >= 0.6 is 0 Å². The second-order valence-electron chi connectivity index (χ2n) is 1.77. The van der Waals surface area contributed by atoms with Gasteiger partial charge in [0.15, 0.2) is 0 Å². The van der Waals surface area contributed by atoms with E-state index in [9.17, 15) is 0 Å². The van der Waals surface area contributed by atoms with Crippen molar-refractivity contribution in [2.45, 2.75) is 0 Å². The van der Waals surface area contributed by atoms with Gasteiger partial charge in [-0.2, -0.15) is 0 Å². The van der Waals surface area contributed by atoms with Gasteiger partial charge in [-0.25, -0.2) is 0 Å². The van der Waals surface area contributed by atoms with Crippen LogP contribution in [0, 0.1) is 6.20 Å². The molecule has 0 aromatic carbocycles. The maximum atomic E-state index is 3.80. The highest BCUT2D eigenvalue weighted by molar-refractivity contribution is 5.76. The van der Waals surface area contributed by atoms with E-state index in [4.69, 9.17) is 0 Å². The van der Waals surface area contributed by atoms with Crippen LogP contribution in [-0.4, -0.2) is 15.2 Å². The minimum absolute atomic E-state index is 0.883. The molecule has 0 aliphatic rings. The zero-order chi connectivity index (χ0) is 6.10. The van der Waals surface area contributed by atoms with Crippen LogP contribution < -0.4 is 0 Å². The molecule has 3 nitrogen and oxygen atoms in total. The zero-order valence-electron chi connectivity index (χ0n) is 4.63. The van der Waals surface area contributed by atoms with E-state index in [2.05, 4.69) is 21.4 Å². The van der Waals surface area contributed by atoms with E-state index in [1.54, 1.807) is 12.3 Å². The molecule has 0 unspecified atom stereocenters. The van der Waals surface area contributed by atoms with E-state index >= 15 is 0 Å². The molecule has 0 amide bonds. The minimum atomic E-state index is 0.883. The molecule has 0 saturated carbocycles. The third kappa shape index (κ3) is 0.579. The summed E-state index contributed by atoms with van der Waals surface area (Å²) in [4.78, 5) is 2.92. The fourth-order valence-corrected chi connectivity index (χ4v) is 0.751. The van der Waals surface area contributed by atoms with Crippen molar-refractivity contribution >= 4 is 10.9 Å². The molecule has 0 atom stereocenters. The lowest BCUT2D eigenvalue weighted by molar-refractivity contribution is 1.07. The Bertz CT molecular complexity index is 282. The van der Waals surface area contributed by atoms with Crippen LogP contribution in [0.3, 0.4) is 0 Å². The maximum Gasteiger partial charge on any atom is 0.114 e. The van der Waals surface area contributed by atoms with Crippen molar-refractivity contribution < 1.29 is 0 Å². The van der Waals surface area contributed by atoms with Crippen LogP contribution in [0.4, 0.5) is 0 Å². The molecular weight excluding hydrogens is 114 g/mol. The Morgan fingerprint density at radius 3 is 3.33 bits per heavy atom. The molecule has 0 aliphatic heterocycles. The highest BCUT2D eigenvalue weighted by Gasteiger charge is 1.90. The SMILES string of the molecule is [c]1cc2c[nH]cc2nn1. The molecule has 0 fully saturated rings. The standard InChI is InChI=1S/C6H4N3/c1-2-8-9-6-4-7-3-5(1)6/h1,3-4,7H. The van der Waals surface area contributed by atoms with Gasteiger partial charge >= 0.3 is 0 Å². The molecule has 2 heterocycles. The maximum absolute atomic E-state index is 3.80. The van der Waals surface area contributed by atoms with E-state index in [-0.39, 0.29) is 0 Å². The summed E-state index contributed by atoms with van der Waals surface area (Å²) in [7, 11) is 0. The Balaban J connectivity index is 2.95. The molecule has 1 radical (unpaired) electrons. The predicted molar refractivity (Wildman–Crippen MR) is 32.7 cm³/mol. The predicted octanol–water partition coefficient (Wildman–Crippen LogP) is 0.758. The summed E-state index contributed by atoms with van der Waals surface area (Å²) < 4.78 is 0. The van der Waals surface area contributed by atoms with Crippen LogP contribution in [0.1, 0.15) is 0 Å². The van der Waals surface area contributed by atoms with Gasteiger partial charge in [0.1, 0.15) is 11.7 Å². The third-order valence-corrected chi connectivity index (χ3v) is 1.19. The average molecular weight is 118 g/mol. The lowest BCUT2D eigenvalue weighted by Gasteiger charge is -1.79. The number of fused-ring (bicyclic) bond motifs is 1.